The van der Waals surface area contributed by atoms with Crippen molar-refractivity contribution in [2.24, 2.45) is 4.99 Å². The molecule has 0 bridgehead atoms. The van der Waals surface area contributed by atoms with Crippen LogP contribution >= 0.6 is 0 Å². The highest BCUT2D eigenvalue weighted by atomic mass is 16.5. The minimum atomic E-state index is -0.0649. The number of benzene rings is 1. The van der Waals surface area contributed by atoms with E-state index in [-0.39, 0.29) is 12.5 Å². The molecule has 2 rings (SSSR count). The molecule has 1 atom stereocenters. The second-order valence-corrected chi connectivity index (χ2v) is 4.71. The Kier molecular flexibility index (Phi) is 4.81. The van der Waals surface area contributed by atoms with Crippen LogP contribution in [0.2, 0.25) is 0 Å². The SMILES string of the molecule is COc1ccc(CNC(=O)CNC2=NCC(C)N2)cc1. The van der Waals surface area contributed by atoms with E-state index in [2.05, 4.69) is 20.9 Å². The first-order valence-corrected chi connectivity index (χ1v) is 6.62. The Morgan fingerprint density at radius 2 is 2.20 bits per heavy atom. The van der Waals surface area contributed by atoms with E-state index < -0.39 is 0 Å². The molecule has 1 amide bonds. The standard InChI is InChI=1S/C14H20N4O2/c1-10-7-16-14(18-10)17-9-13(19)15-8-11-3-5-12(20-2)6-4-11/h3-6,10H,7-9H2,1-2H3,(H,15,19)(H2,16,17,18). The summed E-state index contributed by atoms with van der Waals surface area (Å²) in [5.41, 5.74) is 1.03. The molecule has 1 aliphatic rings. The molecule has 0 spiro atoms. The van der Waals surface area contributed by atoms with E-state index in [1.54, 1.807) is 7.11 Å². The number of aliphatic imine (C=N–C) groups is 1. The number of amides is 1. The number of rotatable bonds is 5. The van der Waals surface area contributed by atoms with Crippen LogP contribution in [0.3, 0.4) is 0 Å². The second kappa shape index (κ2) is 6.79. The molecule has 108 valence electrons. The van der Waals surface area contributed by atoms with Gasteiger partial charge in [-0.2, -0.15) is 0 Å². The van der Waals surface area contributed by atoms with Crippen molar-refractivity contribution in [1.29, 1.82) is 0 Å². The van der Waals surface area contributed by atoms with Crippen molar-refractivity contribution in [3.63, 3.8) is 0 Å². The molecule has 0 saturated carbocycles. The predicted molar refractivity (Wildman–Crippen MR) is 77.7 cm³/mol. The van der Waals surface area contributed by atoms with E-state index in [1.165, 1.54) is 0 Å². The number of ether oxygens (including phenoxy) is 1. The van der Waals surface area contributed by atoms with Crippen LogP contribution in [0.1, 0.15) is 12.5 Å². The number of carbonyl (C=O) groups excluding carboxylic acids is 1. The lowest BCUT2D eigenvalue weighted by atomic mass is 10.2. The number of hydrogen-bond acceptors (Lipinski definition) is 5. The number of hydrogen-bond donors (Lipinski definition) is 3. The topological polar surface area (TPSA) is 74.8 Å². The van der Waals surface area contributed by atoms with Crippen LogP contribution in [0.15, 0.2) is 29.3 Å². The first kappa shape index (κ1) is 14.2. The van der Waals surface area contributed by atoms with Crippen molar-refractivity contribution >= 4 is 11.9 Å². The van der Waals surface area contributed by atoms with E-state index in [1.807, 2.05) is 31.2 Å². The molecule has 0 aromatic heterocycles. The number of guanidine groups is 1. The summed E-state index contributed by atoms with van der Waals surface area (Å²) < 4.78 is 5.08. The smallest absolute Gasteiger partial charge is 0.239 e. The number of nitrogens with zero attached hydrogens (tertiary/aromatic N) is 1. The Hall–Kier alpha value is -2.24. The van der Waals surface area contributed by atoms with Gasteiger partial charge >= 0.3 is 0 Å². The van der Waals surface area contributed by atoms with Gasteiger partial charge in [-0.3, -0.25) is 9.79 Å². The molecule has 3 N–H and O–H groups in total. The summed E-state index contributed by atoms with van der Waals surface area (Å²) in [6.07, 6.45) is 0. The van der Waals surface area contributed by atoms with Gasteiger partial charge in [0.1, 0.15) is 5.75 Å². The fourth-order valence-corrected chi connectivity index (χ4v) is 1.83. The molecule has 0 radical (unpaired) electrons. The Labute approximate surface area is 118 Å². The average molecular weight is 276 g/mol. The Morgan fingerprint density at radius 3 is 2.80 bits per heavy atom. The highest BCUT2D eigenvalue weighted by Gasteiger charge is 2.12. The first-order chi connectivity index (χ1) is 9.67. The van der Waals surface area contributed by atoms with Crippen LogP contribution in [0.4, 0.5) is 0 Å². The second-order valence-electron chi connectivity index (χ2n) is 4.71. The van der Waals surface area contributed by atoms with Crippen molar-refractivity contribution in [2.45, 2.75) is 19.5 Å². The van der Waals surface area contributed by atoms with E-state index in [9.17, 15) is 4.79 Å². The van der Waals surface area contributed by atoms with Crippen LogP contribution < -0.4 is 20.7 Å². The number of methoxy groups -OCH3 is 1. The van der Waals surface area contributed by atoms with Gasteiger partial charge in [-0.25, -0.2) is 0 Å². The quantitative estimate of drug-likeness (QED) is 0.720. The molecule has 0 fully saturated rings. The molecule has 6 heteroatoms. The zero-order valence-corrected chi connectivity index (χ0v) is 11.8. The molecule has 6 nitrogen and oxygen atoms in total. The van der Waals surface area contributed by atoms with Crippen LogP contribution in [0, 0.1) is 0 Å². The third-order valence-corrected chi connectivity index (χ3v) is 2.97. The summed E-state index contributed by atoms with van der Waals surface area (Å²) in [6.45, 7) is 3.51. The van der Waals surface area contributed by atoms with Gasteiger partial charge in [0.05, 0.1) is 20.2 Å². The lowest BCUT2D eigenvalue weighted by Gasteiger charge is -2.09. The largest absolute Gasteiger partial charge is 0.497 e. The van der Waals surface area contributed by atoms with Crippen molar-refractivity contribution in [1.82, 2.24) is 16.0 Å². The maximum atomic E-state index is 11.7. The molecular formula is C14H20N4O2. The van der Waals surface area contributed by atoms with Gasteiger partial charge in [-0.05, 0) is 24.6 Å². The molecule has 20 heavy (non-hydrogen) atoms. The summed E-state index contributed by atoms with van der Waals surface area (Å²) in [5.74, 6) is 1.43. The molecular weight excluding hydrogens is 256 g/mol. The average Bonchev–Trinajstić information content (AvgIpc) is 2.89. The molecule has 1 aliphatic heterocycles. The highest BCUT2D eigenvalue weighted by Crippen LogP contribution is 2.10. The summed E-state index contributed by atoms with van der Waals surface area (Å²) in [5, 5.41) is 8.96. The lowest BCUT2D eigenvalue weighted by molar-refractivity contribution is -0.120. The number of nitrogens with one attached hydrogen (secondary N) is 3. The van der Waals surface area contributed by atoms with E-state index >= 15 is 0 Å². The lowest BCUT2D eigenvalue weighted by Crippen LogP contribution is -2.42. The van der Waals surface area contributed by atoms with Gasteiger partial charge in [0.15, 0.2) is 5.96 Å². The summed E-state index contributed by atoms with van der Waals surface area (Å²) in [6, 6.07) is 7.93. The van der Waals surface area contributed by atoms with Crippen molar-refractivity contribution in [3.8, 4) is 5.75 Å². The van der Waals surface area contributed by atoms with E-state index in [0.717, 1.165) is 17.9 Å². The summed E-state index contributed by atoms with van der Waals surface area (Å²) in [7, 11) is 1.63. The van der Waals surface area contributed by atoms with Crippen molar-refractivity contribution in [3.05, 3.63) is 29.8 Å². The molecule has 0 aliphatic carbocycles. The highest BCUT2D eigenvalue weighted by molar-refractivity contribution is 5.87. The fraction of sp³-hybridized carbons (Fsp3) is 0.429. The maximum absolute atomic E-state index is 11.7. The van der Waals surface area contributed by atoms with Crippen LogP contribution in [-0.4, -0.2) is 38.1 Å². The predicted octanol–water partition coefficient (Wildman–Crippen LogP) is 0.249. The molecule has 1 unspecified atom stereocenters. The summed E-state index contributed by atoms with van der Waals surface area (Å²) in [4.78, 5) is 15.9. The van der Waals surface area contributed by atoms with Gasteiger partial charge in [-0.15, -0.1) is 0 Å². The van der Waals surface area contributed by atoms with Gasteiger partial charge in [-0.1, -0.05) is 12.1 Å². The van der Waals surface area contributed by atoms with Gasteiger partial charge in [0.2, 0.25) is 5.91 Å². The van der Waals surface area contributed by atoms with Crippen LogP contribution in [-0.2, 0) is 11.3 Å². The van der Waals surface area contributed by atoms with E-state index in [0.29, 0.717) is 18.5 Å². The molecule has 1 aromatic rings. The van der Waals surface area contributed by atoms with Gasteiger partial charge in [0.25, 0.3) is 0 Å². The van der Waals surface area contributed by atoms with Crippen molar-refractivity contribution in [2.75, 3.05) is 20.2 Å². The fourth-order valence-electron chi connectivity index (χ4n) is 1.83. The zero-order chi connectivity index (χ0) is 14.4. The van der Waals surface area contributed by atoms with Crippen LogP contribution in [0.25, 0.3) is 0 Å². The number of carbonyl (C=O) groups is 1. The third kappa shape index (κ3) is 4.15. The molecule has 0 saturated heterocycles. The normalized spacial score (nSPS) is 17.1. The Balaban J connectivity index is 1.69. The van der Waals surface area contributed by atoms with Crippen molar-refractivity contribution < 1.29 is 9.53 Å². The summed E-state index contributed by atoms with van der Waals surface area (Å²) >= 11 is 0. The Morgan fingerprint density at radius 1 is 1.45 bits per heavy atom. The molecule has 1 aromatic carbocycles. The van der Waals surface area contributed by atoms with Gasteiger partial charge in [0, 0.05) is 12.6 Å². The van der Waals surface area contributed by atoms with E-state index in [4.69, 9.17) is 4.74 Å². The zero-order valence-electron chi connectivity index (χ0n) is 11.8. The monoisotopic (exact) mass is 276 g/mol. The van der Waals surface area contributed by atoms with Gasteiger partial charge < -0.3 is 20.7 Å². The maximum Gasteiger partial charge on any atom is 0.239 e. The minimum absolute atomic E-state index is 0.0649. The first-order valence-electron chi connectivity index (χ1n) is 6.62. The van der Waals surface area contributed by atoms with Crippen LogP contribution in [0.5, 0.6) is 5.75 Å². The minimum Gasteiger partial charge on any atom is -0.497 e. The third-order valence-electron chi connectivity index (χ3n) is 2.97. The Bertz CT molecular complexity index is 484. The molecule has 1 heterocycles.